The van der Waals surface area contributed by atoms with Crippen LogP contribution in [0.5, 0.6) is 0 Å². The minimum atomic E-state index is 0.958. The Morgan fingerprint density at radius 3 is 3.18 bits per heavy atom. The lowest BCUT2D eigenvalue weighted by atomic mass is 10.1. The van der Waals surface area contributed by atoms with Crippen molar-refractivity contribution in [2.75, 3.05) is 0 Å². The van der Waals surface area contributed by atoms with Gasteiger partial charge in [-0.3, -0.25) is 0 Å². The standard InChI is InChI=1S/C9H10N2/c1-2-4-8(3-1)7-9-10-5-6-11-9/h1-3,5-6H,4,7H2,(H,10,11). The molecule has 2 nitrogen and oxygen atoms in total. The first-order valence-electron chi connectivity index (χ1n) is 3.78. The number of allylic oxidation sites excluding steroid dienone is 4. The summed E-state index contributed by atoms with van der Waals surface area (Å²) in [5, 5.41) is 0. The van der Waals surface area contributed by atoms with Crippen LogP contribution in [-0.4, -0.2) is 9.97 Å². The van der Waals surface area contributed by atoms with Crippen molar-refractivity contribution in [3.63, 3.8) is 0 Å². The summed E-state index contributed by atoms with van der Waals surface area (Å²) in [5.41, 5.74) is 1.43. The fourth-order valence-corrected chi connectivity index (χ4v) is 1.23. The Balaban J connectivity index is 2.02. The number of nitrogens with zero attached hydrogens (tertiary/aromatic N) is 1. The fourth-order valence-electron chi connectivity index (χ4n) is 1.23. The second kappa shape index (κ2) is 2.74. The normalized spacial score (nSPS) is 15.5. The SMILES string of the molecule is C1=CCC(Cc2ncc[nH]2)=C1. The van der Waals surface area contributed by atoms with Crippen molar-refractivity contribution >= 4 is 0 Å². The van der Waals surface area contributed by atoms with Crippen LogP contribution >= 0.6 is 0 Å². The van der Waals surface area contributed by atoms with Gasteiger partial charge in [0.05, 0.1) is 0 Å². The van der Waals surface area contributed by atoms with Gasteiger partial charge in [-0.05, 0) is 6.42 Å². The number of hydrogen-bond acceptors (Lipinski definition) is 1. The predicted octanol–water partition coefficient (Wildman–Crippen LogP) is 1.84. The van der Waals surface area contributed by atoms with E-state index in [1.807, 2.05) is 6.20 Å². The Labute approximate surface area is 65.7 Å². The lowest BCUT2D eigenvalue weighted by Crippen LogP contribution is -1.89. The van der Waals surface area contributed by atoms with Gasteiger partial charge < -0.3 is 4.98 Å². The topological polar surface area (TPSA) is 28.7 Å². The minimum Gasteiger partial charge on any atom is -0.348 e. The zero-order chi connectivity index (χ0) is 7.52. The third kappa shape index (κ3) is 1.40. The average Bonchev–Trinajstić information content (AvgIpc) is 2.60. The van der Waals surface area contributed by atoms with E-state index in [4.69, 9.17) is 0 Å². The summed E-state index contributed by atoms with van der Waals surface area (Å²) in [6.45, 7) is 0. The van der Waals surface area contributed by atoms with Crippen LogP contribution in [0.2, 0.25) is 0 Å². The lowest BCUT2D eigenvalue weighted by molar-refractivity contribution is 0.979. The quantitative estimate of drug-likeness (QED) is 0.677. The highest BCUT2D eigenvalue weighted by atomic mass is 14.9. The van der Waals surface area contributed by atoms with Crippen molar-refractivity contribution in [3.8, 4) is 0 Å². The molecule has 0 spiro atoms. The minimum absolute atomic E-state index is 0.958. The van der Waals surface area contributed by atoms with E-state index in [2.05, 4.69) is 28.2 Å². The molecule has 0 radical (unpaired) electrons. The summed E-state index contributed by atoms with van der Waals surface area (Å²) in [6.07, 6.45) is 12.1. The van der Waals surface area contributed by atoms with E-state index in [0.29, 0.717) is 0 Å². The molecule has 1 N–H and O–H groups in total. The first-order valence-corrected chi connectivity index (χ1v) is 3.78. The van der Waals surface area contributed by atoms with Gasteiger partial charge in [-0.1, -0.05) is 23.8 Å². The molecule has 1 aromatic heterocycles. The summed E-state index contributed by atoms with van der Waals surface area (Å²) in [5.74, 6) is 1.06. The fraction of sp³-hybridized carbons (Fsp3) is 0.222. The number of imidazole rings is 1. The molecule has 11 heavy (non-hydrogen) atoms. The molecule has 0 fully saturated rings. The second-order valence-corrected chi connectivity index (χ2v) is 2.67. The highest BCUT2D eigenvalue weighted by Crippen LogP contribution is 2.13. The number of aromatic nitrogens is 2. The zero-order valence-corrected chi connectivity index (χ0v) is 6.25. The Morgan fingerprint density at radius 1 is 1.55 bits per heavy atom. The molecule has 1 aromatic rings. The molecule has 0 unspecified atom stereocenters. The van der Waals surface area contributed by atoms with Crippen molar-refractivity contribution < 1.29 is 0 Å². The largest absolute Gasteiger partial charge is 0.348 e. The van der Waals surface area contributed by atoms with Gasteiger partial charge in [0.15, 0.2) is 0 Å². The molecule has 1 heterocycles. The van der Waals surface area contributed by atoms with E-state index in [1.165, 1.54) is 5.57 Å². The molecule has 1 aliphatic carbocycles. The highest BCUT2D eigenvalue weighted by molar-refractivity contribution is 5.25. The van der Waals surface area contributed by atoms with Crippen LogP contribution in [0.1, 0.15) is 12.2 Å². The second-order valence-electron chi connectivity index (χ2n) is 2.67. The molecule has 0 bridgehead atoms. The number of rotatable bonds is 2. The van der Waals surface area contributed by atoms with Crippen LogP contribution in [0, 0.1) is 0 Å². The molecular formula is C9H10N2. The van der Waals surface area contributed by atoms with Gasteiger partial charge in [0.25, 0.3) is 0 Å². The average molecular weight is 146 g/mol. The predicted molar refractivity (Wildman–Crippen MR) is 44.1 cm³/mol. The number of hydrogen-bond donors (Lipinski definition) is 1. The molecule has 1 aliphatic rings. The Hall–Kier alpha value is -1.31. The van der Waals surface area contributed by atoms with Crippen molar-refractivity contribution in [2.24, 2.45) is 0 Å². The molecule has 56 valence electrons. The molecule has 0 aromatic carbocycles. The molecular weight excluding hydrogens is 136 g/mol. The highest BCUT2D eigenvalue weighted by Gasteiger charge is 2.01. The third-order valence-electron chi connectivity index (χ3n) is 1.80. The van der Waals surface area contributed by atoms with E-state index < -0.39 is 0 Å². The molecule has 0 amide bonds. The van der Waals surface area contributed by atoms with Gasteiger partial charge in [-0.15, -0.1) is 0 Å². The molecule has 0 saturated heterocycles. The molecule has 2 rings (SSSR count). The molecule has 0 saturated carbocycles. The summed E-state index contributed by atoms with van der Waals surface area (Å²) in [6, 6.07) is 0. The first kappa shape index (κ1) is 6.40. The van der Waals surface area contributed by atoms with Gasteiger partial charge in [0.2, 0.25) is 0 Å². The number of aromatic amines is 1. The first-order chi connectivity index (χ1) is 5.45. The van der Waals surface area contributed by atoms with Gasteiger partial charge >= 0.3 is 0 Å². The van der Waals surface area contributed by atoms with Crippen molar-refractivity contribution in [3.05, 3.63) is 42.0 Å². The van der Waals surface area contributed by atoms with E-state index in [1.54, 1.807) is 6.20 Å². The molecule has 2 heteroatoms. The van der Waals surface area contributed by atoms with Crippen LogP contribution in [0.4, 0.5) is 0 Å². The number of nitrogens with one attached hydrogen (secondary N) is 1. The maximum atomic E-state index is 4.16. The van der Waals surface area contributed by atoms with E-state index in [-0.39, 0.29) is 0 Å². The smallest absolute Gasteiger partial charge is 0.110 e. The van der Waals surface area contributed by atoms with Gasteiger partial charge in [0.1, 0.15) is 5.82 Å². The maximum Gasteiger partial charge on any atom is 0.110 e. The molecule has 0 aliphatic heterocycles. The molecule has 0 atom stereocenters. The maximum absolute atomic E-state index is 4.16. The number of H-pyrrole nitrogens is 1. The summed E-state index contributed by atoms with van der Waals surface area (Å²) in [4.78, 5) is 7.24. The van der Waals surface area contributed by atoms with E-state index in [9.17, 15) is 0 Å². The lowest BCUT2D eigenvalue weighted by Gasteiger charge is -1.95. The van der Waals surface area contributed by atoms with Crippen LogP contribution in [0.25, 0.3) is 0 Å². The Kier molecular flexibility index (Phi) is 1.60. The Morgan fingerprint density at radius 2 is 2.55 bits per heavy atom. The van der Waals surface area contributed by atoms with E-state index >= 15 is 0 Å². The van der Waals surface area contributed by atoms with Crippen LogP contribution < -0.4 is 0 Å². The summed E-state index contributed by atoms with van der Waals surface area (Å²) < 4.78 is 0. The summed E-state index contributed by atoms with van der Waals surface area (Å²) in [7, 11) is 0. The monoisotopic (exact) mass is 146 g/mol. The zero-order valence-electron chi connectivity index (χ0n) is 6.25. The van der Waals surface area contributed by atoms with Gasteiger partial charge in [-0.2, -0.15) is 0 Å². The van der Waals surface area contributed by atoms with Crippen molar-refractivity contribution in [1.29, 1.82) is 0 Å². The van der Waals surface area contributed by atoms with E-state index in [0.717, 1.165) is 18.7 Å². The third-order valence-corrected chi connectivity index (χ3v) is 1.80. The van der Waals surface area contributed by atoms with Crippen LogP contribution in [0.3, 0.4) is 0 Å². The Bertz CT molecular complexity index is 281. The summed E-state index contributed by atoms with van der Waals surface area (Å²) >= 11 is 0. The van der Waals surface area contributed by atoms with Gasteiger partial charge in [-0.25, -0.2) is 4.98 Å². The van der Waals surface area contributed by atoms with Crippen molar-refractivity contribution in [2.45, 2.75) is 12.8 Å². The van der Waals surface area contributed by atoms with Crippen LogP contribution in [0.15, 0.2) is 36.2 Å². The van der Waals surface area contributed by atoms with Gasteiger partial charge in [0, 0.05) is 18.8 Å². The van der Waals surface area contributed by atoms with Crippen LogP contribution in [-0.2, 0) is 6.42 Å². The van der Waals surface area contributed by atoms with Crippen molar-refractivity contribution in [1.82, 2.24) is 9.97 Å².